The molecular weight excluding hydrogens is 442 g/mol. The van der Waals surface area contributed by atoms with Crippen LogP contribution >= 0.6 is 0 Å². The minimum absolute atomic E-state index is 0.142. The number of alkyl carbamates (subject to hydrolysis) is 1. The normalized spacial score (nSPS) is 20.1. The number of carbonyl (C=O) groups excluding carboxylic acids is 1. The summed E-state index contributed by atoms with van der Waals surface area (Å²) in [7, 11) is -3.87. The average Bonchev–Trinajstić information content (AvgIpc) is 3.10. The molecule has 1 aliphatic rings. The maximum absolute atomic E-state index is 13.9. The van der Waals surface area contributed by atoms with Crippen LogP contribution in [-0.2, 0) is 30.5 Å². The molecule has 1 N–H and O–H groups in total. The van der Waals surface area contributed by atoms with Gasteiger partial charge in [-0.25, -0.2) is 13.2 Å². The second-order valence-corrected chi connectivity index (χ2v) is 11.8. The van der Waals surface area contributed by atoms with Gasteiger partial charge in [-0.3, -0.25) is 0 Å². The van der Waals surface area contributed by atoms with E-state index in [9.17, 15) is 13.2 Å². The van der Waals surface area contributed by atoms with Crippen LogP contribution in [0.15, 0.2) is 65.6 Å². The Kier molecular flexibility index (Phi) is 7.51. The number of ether oxygens (including phenoxy) is 3. The van der Waals surface area contributed by atoms with Crippen molar-refractivity contribution in [3.8, 4) is 0 Å². The van der Waals surface area contributed by atoms with E-state index in [4.69, 9.17) is 14.2 Å². The molecule has 0 unspecified atom stereocenters. The van der Waals surface area contributed by atoms with Gasteiger partial charge in [-0.1, -0.05) is 48.5 Å². The molecule has 1 amide bonds. The summed E-state index contributed by atoms with van der Waals surface area (Å²) in [5, 5.41) is 1.79. The monoisotopic (exact) mass is 475 g/mol. The van der Waals surface area contributed by atoms with Crippen LogP contribution in [0.3, 0.4) is 0 Å². The van der Waals surface area contributed by atoms with Gasteiger partial charge in [0.25, 0.3) is 0 Å². The third kappa shape index (κ3) is 6.79. The number of benzene rings is 2. The number of rotatable bonds is 7. The van der Waals surface area contributed by atoms with Gasteiger partial charge in [0.15, 0.2) is 15.6 Å². The van der Waals surface area contributed by atoms with E-state index < -0.39 is 44.7 Å². The third-order valence-corrected chi connectivity index (χ3v) is 7.45. The van der Waals surface area contributed by atoms with Gasteiger partial charge in [-0.05, 0) is 58.7 Å². The summed E-state index contributed by atoms with van der Waals surface area (Å²) >= 11 is 0. The largest absolute Gasteiger partial charge is 0.444 e. The Bertz CT molecular complexity index is 1030. The van der Waals surface area contributed by atoms with E-state index in [2.05, 4.69) is 5.32 Å². The van der Waals surface area contributed by atoms with Crippen molar-refractivity contribution in [3.63, 3.8) is 0 Å². The molecule has 0 radical (unpaired) electrons. The minimum Gasteiger partial charge on any atom is -0.444 e. The van der Waals surface area contributed by atoms with Crippen molar-refractivity contribution < 1.29 is 27.4 Å². The molecule has 0 aliphatic carbocycles. The maximum Gasteiger partial charge on any atom is 0.408 e. The lowest BCUT2D eigenvalue weighted by molar-refractivity contribution is -0.141. The fraction of sp³-hybridized carbons (Fsp3) is 0.480. The Morgan fingerprint density at radius 3 is 2.18 bits per heavy atom. The van der Waals surface area contributed by atoms with Crippen molar-refractivity contribution in [2.45, 2.75) is 74.7 Å². The fourth-order valence-corrected chi connectivity index (χ4v) is 5.75. The molecule has 2 aromatic rings. The Morgan fingerprint density at radius 1 is 1.09 bits per heavy atom. The van der Waals surface area contributed by atoms with E-state index >= 15 is 0 Å². The summed E-state index contributed by atoms with van der Waals surface area (Å²) in [5.74, 6) is -0.896. The van der Waals surface area contributed by atoms with Gasteiger partial charge >= 0.3 is 6.09 Å². The van der Waals surface area contributed by atoms with Crippen LogP contribution in [0, 0.1) is 0 Å². The van der Waals surface area contributed by atoms with Crippen molar-refractivity contribution in [1.82, 2.24) is 5.32 Å². The lowest BCUT2D eigenvalue weighted by atomic mass is 10.0. The second-order valence-electron chi connectivity index (χ2n) is 9.63. The SMILES string of the molecule is CC(C)(C)OC(=O)N[C@H]([C@@H](Cc1ccccc1)S(=O)(=O)c1ccccc1)[C@H]1COC(C)(C)O1. The zero-order chi connectivity index (χ0) is 24.3. The average molecular weight is 476 g/mol. The first-order valence-corrected chi connectivity index (χ1v) is 12.6. The molecule has 3 atom stereocenters. The quantitative estimate of drug-likeness (QED) is 0.648. The predicted molar refractivity (Wildman–Crippen MR) is 126 cm³/mol. The van der Waals surface area contributed by atoms with Gasteiger partial charge in [0.2, 0.25) is 0 Å². The highest BCUT2D eigenvalue weighted by Crippen LogP contribution is 2.30. The molecule has 0 spiro atoms. The first kappa shape index (κ1) is 25.2. The van der Waals surface area contributed by atoms with E-state index in [0.29, 0.717) is 0 Å². The highest BCUT2D eigenvalue weighted by molar-refractivity contribution is 7.92. The Hall–Kier alpha value is -2.42. The zero-order valence-electron chi connectivity index (χ0n) is 19.8. The summed E-state index contributed by atoms with van der Waals surface area (Å²) in [5.41, 5.74) is 0.0879. The van der Waals surface area contributed by atoms with Crippen LogP contribution in [0.1, 0.15) is 40.2 Å². The number of sulfone groups is 1. The number of carbonyl (C=O) groups is 1. The smallest absolute Gasteiger partial charge is 0.408 e. The molecular formula is C25H33NO6S. The molecule has 2 aromatic carbocycles. The highest BCUT2D eigenvalue weighted by Gasteiger charge is 2.46. The lowest BCUT2D eigenvalue weighted by Crippen LogP contribution is -2.56. The van der Waals surface area contributed by atoms with Gasteiger partial charge in [0.05, 0.1) is 22.8 Å². The highest BCUT2D eigenvalue weighted by atomic mass is 32.2. The van der Waals surface area contributed by atoms with Crippen molar-refractivity contribution in [3.05, 3.63) is 66.2 Å². The van der Waals surface area contributed by atoms with Crippen LogP contribution in [0.5, 0.6) is 0 Å². The summed E-state index contributed by atoms with van der Waals surface area (Å²) in [6.07, 6.45) is -1.21. The van der Waals surface area contributed by atoms with Gasteiger partial charge in [0, 0.05) is 0 Å². The molecule has 1 aliphatic heterocycles. The maximum atomic E-state index is 13.9. The van der Waals surface area contributed by atoms with Gasteiger partial charge < -0.3 is 19.5 Å². The lowest BCUT2D eigenvalue weighted by Gasteiger charge is -2.33. The molecule has 1 heterocycles. The van der Waals surface area contributed by atoms with Crippen molar-refractivity contribution in [2.75, 3.05) is 6.61 Å². The van der Waals surface area contributed by atoms with Gasteiger partial charge in [0.1, 0.15) is 11.7 Å². The number of amides is 1. The summed E-state index contributed by atoms with van der Waals surface area (Å²) < 4.78 is 45.0. The number of hydrogen-bond donors (Lipinski definition) is 1. The fourth-order valence-electron chi connectivity index (χ4n) is 3.82. The topological polar surface area (TPSA) is 90.9 Å². The van der Waals surface area contributed by atoms with E-state index in [0.717, 1.165) is 5.56 Å². The molecule has 1 saturated heterocycles. The van der Waals surface area contributed by atoms with Crippen LogP contribution in [0.4, 0.5) is 4.79 Å². The second kappa shape index (κ2) is 9.83. The van der Waals surface area contributed by atoms with Crippen LogP contribution in [0.25, 0.3) is 0 Å². The van der Waals surface area contributed by atoms with Gasteiger partial charge in [-0.2, -0.15) is 0 Å². The molecule has 180 valence electrons. The van der Waals surface area contributed by atoms with Crippen LogP contribution < -0.4 is 5.32 Å². The van der Waals surface area contributed by atoms with Gasteiger partial charge in [-0.15, -0.1) is 0 Å². The molecule has 0 aromatic heterocycles. The molecule has 7 nitrogen and oxygen atoms in total. The van der Waals surface area contributed by atoms with Crippen LogP contribution in [-0.4, -0.2) is 49.9 Å². The molecule has 0 bridgehead atoms. The molecule has 1 fully saturated rings. The summed E-state index contributed by atoms with van der Waals surface area (Å²) in [4.78, 5) is 13.0. The van der Waals surface area contributed by atoms with E-state index in [1.54, 1.807) is 65.0 Å². The Balaban J connectivity index is 2.04. The first-order chi connectivity index (χ1) is 15.4. The van der Waals surface area contributed by atoms with Crippen molar-refractivity contribution in [2.24, 2.45) is 0 Å². The zero-order valence-corrected chi connectivity index (χ0v) is 20.6. The summed E-state index contributed by atoms with van der Waals surface area (Å²) in [6, 6.07) is 16.7. The molecule has 3 rings (SSSR count). The minimum atomic E-state index is -3.87. The van der Waals surface area contributed by atoms with E-state index in [1.807, 2.05) is 30.3 Å². The van der Waals surface area contributed by atoms with E-state index in [1.165, 1.54) is 0 Å². The van der Waals surface area contributed by atoms with Crippen molar-refractivity contribution >= 4 is 15.9 Å². The third-order valence-electron chi connectivity index (χ3n) is 5.26. The molecule has 0 saturated carbocycles. The van der Waals surface area contributed by atoms with E-state index in [-0.39, 0.29) is 17.9 Å². The predicted octanol–water partition coefficient (Wildman–Crippen LogP) is 4.12. The van der Waals surface area contributed by atoms with Crippen molar-refractivity contribution in [1.29, 1.82) is 0 Å². The Labute approximate surface area is 196 Å². The molecule has 8 heteroatoms. The number of nitrogens with one attached hydrogen (secondary N) is 1. The van der Waals surface area contributed by atoms with Crippen LogP contribution in [0.2, 0.25) is 0 Å². The summed E-state index contributed by atoms with van der Waals surface area (Å²) in [6.45, 7) is 8.92. The standard InChI is InChI=1S/C25H33NO6S/c1-24(2,3)32-23(27)26-22(20-17-30-25(4,5)31-20)21(16-18-12-8-6-9-13-18)33(28,29)19-14-10-7-11-15-19/h6-15,20-22H,16-17H2,1-5H3,(H,26,27)/t20-,21-,22+/m1/s1. The number of hydrogen-bond acceptors (Lipinski definition) is 6. The Morgan fingerprint density at radius 2 is 1.67 bits per heavy atom. The molecule has 33 heavy (non-hydrogen) atoms. The first-order valence-electron chi connectivity index (χ1n) is 11.0.